The van der Waals surface area contributed by atoms with Crippen LogP contribution in [-0.2, 0) is 14.3 Å². The van der Waals surface area contributed by atoms with Crippen LogP contribution in [0.4, 0.5) is 0 Å². The third-order valence-corrected chi connectivity index (χ3v) is 2.68. The van der Waals surface area contributed by atoms with Gasteiger partial charge in [0, 0.05) is 26.6 Å². The smallest absolute Gasteiger partial charge is 0.173 e. The Morgan fingerprint density at radius 1 is 1.54 bits per heavy atom. The van der Waals surface area contributed by atoms with Crippen molar-refractivity contribution in [3.8, 4) is 0 Å². The van der Waals surface area contributed by atoms with Crippen LogP contribution in [0.15, 0.2) is 12.2 Å². The molecule has 0 saturated carbocycles. The molecule has 1 aliphatic rings. The molecule has 0 N–H and O–H groups in total. The Balaban J connectivity index is 2.76. The third kappa shape index (κ3) is 1.81. The van der Waals surface area contributed by atoms with Gasteiger partial charge < -0.3 is 9.47 Å². The topological polar surface area (TPSA) is 35.5 Å². The molecule has 0 amide bonds. The molecule has 0 spiro atoms. The van der Waals surface area contributed by atoms with Crippen LogP contribution in [0.2, 0.25) is 0 Å². The predicted octanol–water partition coefficient (Wildman–Crippen LogP) is 1.53. The zero-order valence-corrected chi connectivity index (χ0v) is 8.37. The third-order valence-electron chi connectivity index (χ3n) is 2.68. The number of ketones is 1. The highest BCUT2D eigenvalue weighted by Crippen LogP contribution is 2.33. The fourth-order valence-electron chi connectivity index (χ4n) is 1.82. The Hall–Kier alpha value is -0.670. The van der Waals surface area contributed by atoms with Crippen molar-refractivity contribution in [1.29, 1.82) is 0 Å². The lowest BCUT2D eigenvalue weighted by Crippen LogP contribution is -2.40. The first-order valence-corrected chi connectivity index (χ1v) is 4.50. The second-order valence-electron chi connectivity index (χ2n) is 3.21. The molecule has 0 radical (unpaired) electrons. The lowest BCUT2D eigenvalue weighted by atomic mass is 9.95. The standard InChI is InChI=1S/C10H16O3/c1-4-10(12-2,13-3)8-5-6-9(11)7-8/h5-6,8H,4,7H2,1-3H3. The van der Waals surface area contributed by atoms with Crippen LogP contribution in [-0.4, -0.2) is 25.8 Å². The maximum absolute atomic E-state index is 11.1. The van der Waals surface area contributed by atoms with E-state index in [2.05, 4.69) is 0 Å². The molecule has 0 heterocycles. The average molecular weight is 184 g/mol. The molecule has 0 fully saturated rings. The summed E-state index contributed by atoms with van der Waals surface area (Å²) in [6.07, 6.45) is 4.71. The first kappa shape index (κ1) is 10.4. The summed E-state index contributed by atoms with van der Waals surface area (Å²) in [5.41, 5.74) is 0. The largest absolute Gasteiger partial charge is 0.353 e. The maximum atomic E-state index is 11.1. The molecule has 0 saturated heterocycles. The van der Waals surface area contributed by atoms with Gasteiger partial charge >= 0.3 is 0 Å². The van der Waals surface area contributed by atoms with E-state index in [0.29, 0.717) is 6.42 Å². The van der Waals surface area contributed by atoms with Crippen LogP contribution in [0.1, 0.15) is 19.8 Å². The Kier molecular flexibility index (Phi) is 3.22. The number of rotatable bonds is 4. The van der Waals surface area contributed by atoms with Crippen LogP contribution in [0.25, 0.3) is 0 Å². The van der Waals surface area contributed by atoms with Crippen molar-refractivity contribution < 1.29 is 14.3 Å². The maximum Gasteiger partial charge on any atom is 0.173 e. The van der Waals surface area contributed by atoms with Crippen LogP contribution < -0.4 is 0 Å². The zero-order chi connectivity index (χ0) is 9.90. The number of carbonyl (C=O) groups excluding carboxylic acids is 1. The highest BCUT2D eigenvalue weighted by Gasteiger charge is 2.39. The van der Waals surface area contributed by atoms with Gasteiger partial charge in [-0.25, -0.2) is 0 Å². The molecule has 0 aromatic carbocycles. The molecule has 0 bridgehead atoms. The van der Waals surface area contributed by atoms with E-state index in [1.165, 1.54) is 0 Å². The molecule has 1 atom stereocenters. The van der Waals surface area contributed by atoms with Crippen molar-refractivity contribution in [2.24, 2.45) is 5.92 Å². The normalized spacial score (nSPS) is 22.7. The highest BCUT2D eigenvalue weighted by molar-refractivity contribution is 5.92. The fraction of sp³-hybridized carbons (Fsp3) is 0.700. The number of carbonyl (C=O) groups is 1. The minimum atomic E-state index is -0.622. The molecule has 3 nitrogen and oxygen atoms in total. The van der Waals surface area contributed by atoms with Crippen molar-refractivity contribution in [2.45, 2.75) is 25.6 Å². The van der Waals surface area contributed by atoms with Gasteiger partial charge in [-0.2, -0.15) is 0 Å². The molecule has 1 rings (SSSR count). The minimum Gasteiger partial charge on any atom is -0.353 e. The minimum absolute atomic E-state index is 0.0556. The molecule has 1 aliphatic carbocycles. The monoisotopic (exact) mass is 184 g/mol. The van der Waals surface area contributed by atoms with Gasteiger partial charge in [-0.05, 0) is 12.5 Å². The first-order chi connectivity index (χ1) is 6.18. The van der Waals surface area contributed by atoms with Crippen molar-refractivity contribution in [2.75, 3.05) is 14.2 Å². The number of hydrogen-bond acceptors (Lipinski definition) is 3. The first-order valence-electron chi connectivity index (χ1n) is 4.50. The summed E-state index contributed by atoms with van der Waals surface area (Å²) in [5, 5.41) is 0. The van der Waals surface area contributed by atoms with Crippen molar-refractivity contribution in [3.05, 3.63) is 12.2 Å². The SMILES string of the molecule is CCC(OC)(OC)C1C=CC(=O)C1. The predicted molar refractivity (Wildman–Crippen MR) is 49.3 cm³/mol. The Labute approximate surface area is 78.7 Å². The molecule has 0 aliphatic heterocycles. The van der Waals surface area contributed by atoms with Crippen LogP contribution >= 0.6 is 0 Å². The summed E-state index contributed by atoms with van der Waals surface area (Å²) in [5.74, 6) is -0.417. The summed E-state index contributed by atoms with van der Waals surface area (Å²) >= 11 is 0. The number of allylic oxidation sites excluding steroid dienone is 1. The molecule has 74 valence electrons. The van der Waals surface area contributed by atoms with Gasteiger partial charge in [-0.1, -0.05) is 13.0 Å². The summed E-state index contributed by atoms with van der Waals surface area (Å²) in [7, 11) is 3.23. The Bertz CT molecular complexity index is 208. The van der Waals surface area contributed by atoms with Gasteiger partial charge in [0.05, 0.1) is 0 Å². The summed E-state index contributed by atoms with van der Waals surface area (Å²) in [4.78, 5) is 11.1. The molecule has 0 aromatic rings. The van der Waals surface area contributed by atoms with Gasteiger partial charge in [0.1, 0.15) is 0 Å². The van der Waals surface area contributed by atoms with E-state index in [4.69, 9.17) is 9.47 Å². The number of methoxy groups -OCH3 is 2. The van der Waals surface area contributed by atoms with Gasteiger partial charge in [0.2, 0.25) is 0 Å². The number of hydrogen-bond donors (Lipinski definition) is 0. The molecular weight excluding hydrogens is 168 g/mol. The van der Waals surface area contributed by atoms with Crippen molar-refractivity contribution >= 4 is 5.78 Å². The quantitative estimate of drug-likeness (QED) is 0.621. The second kappa shape index (κ2) is 4.03. The van der Waals surface area contributed by atoms with Crippen molar-refractivity contribution in [1.82, 2.24) is 0 Å². The summed E-state index contributed by atoms with van der Waals surface area (Å²) < 4.78 is 10.7. The highest BCUT2D eigenvalue weighted by atomic mass is 16.7. The molecule has 3 heteroatoms. The molecule has 1 unspecified atom stereocenters. The van der Waals surface area contributed by atoms with E-state index in [-0.39, 0.29) is 11.7 Å². The van der Waals surface area contributed by atoms with E-state index < -0.39 is 5.79 Å². The summed E-state index contributed by atoms with van der Waals surface area (Å²) in [6.45, 7) is 1.99. The van der Waals surface area contributed by atoms with Gasteiger partial charge in [0.25, 0.3) is 0 Å². The van der Waals surface area contributed by atoms with Crippen molar-refractivity contribution in [3.63, 3.8) is 0 Å². The van der Waals surface area contributed by atoms with E-state index in [1.807, 2.05) is 13.0 Å². The zero-order valence-electron chi connectivity index (χ0n) is 8.37. The lowest BCUT2D eigenvalue weighted by Gasteiger charge is -2.34. The van der Waals surface area contributed by atoms with E-state index in [9.17, 15) is 4.79 Å². The van der Waals surface area contributed by atoms with E-state index >= 15 is 0 Å². The molecule has 0 aromatic heterocycles. The summed E-state index contributed by atoms with van der Waals surface area (Å²) in [6, 6.07) is 0. The Morgan fingerprint density at radius 3 is 2.46 bits per heavy atom. The van der Waals surface area contributed by atoms with E-state index in [0.717, 1.165) is 6.42 Å². The number of ether oxygens (including phenoxy) is 2. The molecular formula is C10H16O3. The van der Waals surface area contributed by atoms with E-state index in [1.54, 1.807) is 20.3 Å². The fourth-order valence-corrected chi connectivity index (χ4v) is 1.82. The van der Waals surface area contributed by atoms with Gasteiger partial charge in [-0.3, -0.25) is 4.79 Å². The lowest BCUT2D eigenvalue weighted by molar-refractivity contribution is -0.231. The van der Waals surface area contributed by atoms with Gasteiger partial charge in [0.15, 0.2) is 11.6 Å². The molecule has 13 heavy (non-hydrogen) atoms. The van der Waals surface area contributed by atoms with Crippen LogP contribution in [0.3, 0.4) is 0 Å². The average Bonchev–Trinajstić information content (AvgIpc) is 2.57. The van der Waals surface area contributed by atoms with Crippen LogP contribution in [0, 0.1) is 5.92 Å². The van der Waals surface area contributed by atoms with Crippen LogP contribution in [0.5, 0.6) is 0 Å². The Morgan fingerprint density at radius 2 is 2.15 bits per heavy atom. The van der Waals surface area contributed by atoms with Gasteiger partial charge in [-0.15, -0.1) is 0 Å². The second-order valence-corrected chi connectivity index (χ2v) is 3.21.